The summed E-state index contributed by atoms with van der Waals surface area (Å²) in [6.45, 7) is 4.11. The Kier molecular flexibility index (Phi) is 3.73. The molecule has 0 amide bonds. The van der Waals surface area contributed by atoms with Crippen molar-refractivity contribution >= 4 is 25.3 Å². The standard InChI is InChI=1S/C7H12N4.6FH.Sb/c1-2-9-6(8-1)5-7-10-3-4-11-7;;;;;;;/h5,8-9H,1-4H2,(H,10,11);6*1H;/q;;;;;;;+5/p-5. The number of rotatable bonds is 1. The van der Waals surface area contributed by atoms with Crippen molar-refractivity contribution in [3.05, 3.63) is 11.9 Å². The predicted molar refractivity (Wildman–Crippen MR) is 55.3 cm³/mol. The quantitative estimate of drug-likeness (QED) is 0.353. The van der Waals surface area contributed by atoms with E-state index in [2.05, 4.69) is 27.0 Å². The molecule has 0 atom stereocenters. The molecular formula is C7H13F6N4Sb. The summed E-state index contributed by atoms with van der Waals surface area (Å²) in [5.74, 6) is 2.23. The van der Waals surface area contributed by atoms with Crippen LogP contribution in [0.1, 0.15) is 0 Å². The minimum atomic E-state index is -11.2. The van der Waals surface area contributed by atoms with Gasteiger partial charge in [-0.1, -0.05) is 0 Å². The Morgan fingerprint density at radius 3 is 1.78 bits per heavy atom. The van der Waals surface area contributed by atoms with Gasteiger partial charge in [0.05, 0.1) is 6.08 Å². The maximum atomic E-state index is 9.93. The topological polar surface area (TPSA) is 50.1 Å². The molecule has 0 aromatic rings. The molecule has 0 aliphatic carbocycles. The van der Waals surface area contributed by atoms with Crippen molar-refractivity contribution in [2.75, 3.05) is 26.2 Å². The molecule has 1 saturated heterocycles. The van der Waals surface area contributed by atoms with E-state index in [1.54, 1.807) is 0 Å². The van der Waals surface area contributed by atoms with Gasteiger partial charge in [0, 0.05) is 13.1 Å². The fourth-order valence-corrected chi connectivity index (χ4v) is 1.26. The van der Waals surface area contributed by atoms with E-state index in [1.807, 2.05) is 0 Å². The van der Waals surface area contributed by atoms with Gasteiger partial charge in [0.25, 0.3) is 5.84 Å². The van der Waals surface area contributed by atoms with Crippen LogP contribution in [0.3, 0.4) is 0 Å². The van der Waals surface area contributed by atoms with Gasteiger partial charge in [-0.25, -0.2) is 0 Å². The first-order valence-corrected chi connectivity index (χ1v) is 10.8. The molecule has 0 saturated carbocycles. The third-order valence-corrected chi connectivity index (χ3v) is 1.80. The van der Waals surface area contributed by atoms with Crippen molar-refractivity contribution in [1.82, 2.24) is 16.0 Å². The summed E-state index contributed by atoms with van der Waals surface area (Å²) >= 11 is -11.2. The van der Waals surface area contributed by atoms with Gasteiger partial charge in [0.2, 0.25) is 0 Å². The van der Waals surface area contributed by atoms with Gasteiger partial charge < -0.3 is 10.6 Å². The van der Waals surface area contributed by atoms with Gasteiger partial charge in [-0.3, -0.25) is 10.3 Å². The Balaban J connectivity index is 0.000000203. The Bertz CT molecular complexity index is 352. The molecule has 1 fully saturated rings. The van der Waals surface area contributed by atoms with E-state index in [9.17, 15) is 16.9 Å². The molecule has 0 radical (unpaired) electrons. The number of hydrogen-bond acceptors (Lipinski definition) is 3. The normalized spacial score (nSPS) is 22.3. The molecule has 0 aromatic heterocycles. The van der Waals surface area contributed by atoms with Crippen LogP contribution in [0.25, 0.3) is 0 Å². The van der Waals surface area contributed by atoms with Crippen LogP contribution in [0.4, 0.5) is 16.9 Å². The first-order chi connectivity index (χ1) is 7.90. The van der Waals surface area contributed by atoms with E-state index in [1.165, 1.54) is 0 Å². The Hall–Kier alpha value is -0.792. The summed E-state index contributed by atoms with van der Waals surface area (Å²) in [6.07, 6.45) is 2.07. The fraction of sp³-hybridized carbons (Fsp3) is 0.571. The first kappa shape index (κ1) is 15.3. The average molecular weight is 389 g/mol. The summed E-state index contributed by atoms with van der Waals surface area (Å²) in [6, 6.07) is 0. The average Bonchev–Trinajstić information content (AvgIpc) is 2.71. The van der Waals surface area contributed by atoms with Crippen molar-refractivity contribution in [1.29, 1.82) is 0 Å². The number of amidine groups is 1. The van der Waals surface area contributed by atoms with Crippen LogP contribution in [0.15, 0.2) is 11.9 Å². The Labute approximate surface area is 101 Å². The molecule has 108 valence electrons. The van der Waals surface area contributed by atoms with E-state index in [-0.39, 0.29) is 0 Å². The molecule has 0 spiro atoms. The van der Waals surface area contributed by atoms with Gasteiger partial charge in [0.15, 0.2) is 0 Å². The second-order valence-electron chi connectivity index (χ2n) is 3.64. The zero-order valence-corrected chi connectivity index (χ0v) is 11.7. The molecule has 2 heterocycles. The minimum absolute atomic E-state index is 1.03. The van der Waals surface area contributed by atoms with Crippen LogP contribution < -0.4 is 20.9 Å². The van der Waals surface area contributed by atoms with Crippen molar-refractivity contribution in [3.63, 3.8) is 0 Å². The molecule has 2 aliphatic heterocycles. The van der Waals surface area contributed by atoms with Crippen LogP contribution in [0.2, 0.25) is 0 Å². The third kappa shape index (κ3) is 10.4. The molecule has 0 unspecified atom stereocenters. The van der Waals surface area contributed by atoms with Gasteiger partial charge in [-0.15, -0.1) is 0 Å². The molecule has 2 aliphatic rings. The van der Waals surface area contributed by atoms with Gasteiger partial charge in [0.1, 0.15) is 18.9 Å². The maximum absolute atomic E-state index is 11.2. The Morgan fingerprint density at radius 2 is 1.39 bits per heavy atom. The van der Waals surface area contributed by atoms with E-state index < -0.39 is 19.5 Å². The number of halogens is 6. The van der Waals surface area contributed by atoms with Crippen molar-refractivity contribution in [3.8, 4) is 0 Å². The van der Waals surface area contributed by atoms with E-state index in [0.29, 0.717) is 0 Å². The molecule has 4 nitrogen and oxygen atoms in total. The van der Waals surface area contributed by atoms with Gasteiger partial charge in [-0.05, 0) is 0 Å². The van der Waals surface area contributed by atoms with Crippen molar-refractivity contribution < 1.29 is 21.9 Å². The molecule has 0 aromatic carbocycles. The number of hydrogen-bond donors (Lipinski definition) is 4. The third-order valence-electron chi connectivity index (χ3n) is 1.80. The molecule has 4 N–H and O–H groups in total. The van der Waals surface area contributed by atoms with Crippen LogP contribution in [0, 0.1) is 0 Å². The second kappa shape index (κ2) is 4.39. The summed E-state index contributed by atoms with van der Waals surface area (Å²) in [4.78, 5) is 3.23. The van der Waals surface area contributed by atoms with Crippen LogP contribution in [0.5, 0.6) is 0 Å². The molecule has 11 heteroatoms. The SMILES string of the molecule is C(=C1NCCN1)C1=[NH+]CCN1.[F][Sb-]([F])([F])([F])([F])[F]. The van der Waals surface area contributed by atoms with Gasteiger partial charge >= 0.3 is 36.4 Å². The van der Waals surface area contributed by atoms with Crippen LogP contribution in [-0.2, 0) is 0 Å². The molecule has 2 rings (SSSR count). The Morgan fingerprint density at radius 1 is 0.889 bits per heavy atom. The number of nitrogens with one attached hydrogen (secondary N) is 4. The molecule has 0 bridgehead atoms. The van der Waals surface area contributed by atoms with Crippen LogP contribution in [-0.4, -0.2) is 51.5 Å². The van der Waals surface area contributed by atoms with Crippen molar-refractivity contribution in [2.24, 2.45) is 0 Å². The van der Waals surface area contributed by atoms with Gasteiger partial charge in [-0.2, -0.15) is 0 Å². The predicted octanol–water partition coefficient (Wildman–Crippen LogP) is -0.757. The second-order valence-corrected chi connectivity index (χ2v) is 9.11. The summed E-state index contributed by atoms with van der Waals surface area (Å²) in [7, 11) is 0. The van der Waals surface area contributed by atoms with E-state index in [4.69, 9.17) is 0 Å². The summed E-state index contributed by atoms with van der Waals surface area (Å²) in [5, 5.41) is 9.70. The van der Waals surface area contributed by atoms with E-state index in [0.717, 1.165) is 37.8 Å². The van der Waals surface area contributed by atoms with Crippen LogP contribution >= 0.6 is 0 Å². The summed E-state index contributed by atoms with van der Waals surface area (Å²) in [5.41, 5.74) is 0. The summed E-state index contributed by atoms with van der Waals surface area (Å²) < 4.78 is 59.6. The molecular weight excluding hydrogens is 376 g/mol. The van der Waals surface area contributed by atoms with Crippen molar-refractivity contribution in [2.45, 2.75) is 0 Å². The first-order valence-electron chi connectivity index (χ1n) is 5.01. The zero-order valence-electron chi connectivity index (χ0n) is 9.12. The zero-order chi connectivity index (χ0) is 13.9. The fourth-order valence-electron chi connectivity index (χ4n) is 1.26. The monoisotopic (exact) mass is 388 g/mol. The van der Waals surface area contributed by atoms with E-state index >= 15 is 0 Å². The molecule has 18 heavy (non-hydrogen) atoms.